The fourth-order valence-corrected chi connectivity index (χ4v) is 2.94. The van der Waals surface area contributed by atoms with Crippen molar-refractivity contribution in [3.05, 3.63) is 0 Å². The molecule has 0 heterocycles. The Hall–Kier alpha value is 0.519. The molecule has 0 atom stereocenters. The van der Waals surface area contributed by atoms with Gasteiger partial charge in [-0.05, 0) is 0 Å². The molecule has 0 amide bonds. The van der Waals surface area contributed by atoms with Crippen LogP contribution in [0.15, 0.2) is 0 Å². The van der Waals surface area contributed by atoms with Crippen molar-refractivity contribution in [2.45, 2.75) is 88.7 Å². The van der Waals surface area contributed by atoms with Crippen molar-refractivity contribution >= 4 is 15.0 Å². The Bertz CT molecular complexity index is 89.5. The van der Waals surface area contributed by atoms with Gasteiger partial charge in [-0.1, -0.05) is 6.92 Å². The Balaban J connectivity index is 2.81. The normalized spacial score (nSPS) is 10.8. The molecule has 0 N–H and O–H groups in total. The van der Waals surface area contributed by atoms with Crippen molar-refractivity contribution in [2.24, 2.45) is 0 Å². The van der Waals surface area contributed by atoms with E-state index in [1.54, 1.807) is 0 Å². The standard InChI is InChI=1S/C14H30Se/c1-3-4-5-6-7-8-9-10-11-12-13-14-15-2/h3-14H2,1-2H3. The van der Waals surface area contributed by atoms with Crippen molar-refractivity contribution < 1.29 is 0 Å². The van der Waals surface area contributed by atoms with Crippen LogP contribution in [0.3, 0.4) is 0 Å². The van der Waals surface area contributed by atoms with Gasteiger partial charge in [-0.3, -0.25) is 0 Å². The summed E-state index contributed by atoms with van der Waals surface area (Å²) in [5, 5.41) is 1.50. The molecule has 0 radical (unpaired) electrons. The third-order valence-corrected chi connectivity index (χ3v) is 4.41. The zero-order valence-electron chi connectivity index (χ0n) is 10.9. The summed E-state index contributed by atoms with van der Waals surface area (Å²) in [4.78, 5) is 0. The van der Waals surface area contributed by atoms with Gasteiger partial charge in [0.15, 0.2) is 0 Å². The molecular weight excluding hydrogens is 247 g/mol. The first-order chi connectivity index (χ1) is 7.41. The van der Waals surface area contributed by atoms with Crippen molar-refractivity contribution in [3.63, 3.8) is 0 Å². The zero-order valence-corrected chi connectivity index (χ0v) is 12.6. The van der Waals surface area contributed by atoms with E-state index in [2.05, 4.69) is 12.7 Å². The van der Waals surface area contributed by atoms with Crippen LogP contribution in [0.5, 0.6) is 0 Å². The first kappa shape index (κ1) is 15.5. The number of rotatable bonds is 12. The summed E-state index contributed by atoms with van der Waals surface area (Å²) in [6.45, 7) is 2.29. The van der Waals surface area contributed by atoms with Crippen LogP contribution >= 0.6 is 0 Å². The van der Waals surface area contributed by atoms with Gasteiger partial charge >= 0.3 is 96.7 Å². The van der Waals surface area contributed by atoms with E-state index in [1.165, 1.54) is 75.9 Å². The summed E-state index contributed by atoms with van der Waals surface area (Å²) in [5.74, 6) is 2.35. The van der Waals surface area contributed by atoms with Gasteiger partial charge < -0.3 is 0 Å². The fourth-order valence-electron chi connectivity index (χ4n) is 1.91. The molecule has 0 aromatic carbocycles. The predicted octanol–water partition coefficient (Wildman–Crippen LogP) is 5.47. The average Bonchev–Trinajstić information content (AvgIpc) is 2.26. The van der Waals surface area contributed by atoms with Gasteiger partial charge in [0.1, 0.15) is 0 Å². The first-order valence-electron chi connectivity index (χ1n) is 6.90. The van der Waals surface area contributed by atoms with Crippen LogP contribution in [0.4, 0.5) is 0 Å². The zero-order chi connectivity index (χ0) is 11.2. The molecule has 0 aliphatic rings. The second-order valence-electron chi connectivity index (χ2n) is 4.53. The molecule has 0 saturated carbocycles. The van der Waals surface area contributed by atoms with E-state index in [1.807, 2.05) is 0 Å². The van der Waals surface area contributed by atoms with Gasteiger partial charge in [0.2, 0.25) is 0 Å². The van der Waals surface area contributed by atoms with Gasteiger partial charge in [0, 0.05) is 0 Å². The molecule has 1 heteroatoms. The molecule has 0 nitrogen and oxygen atoms in total. The number of unbranched alkanes of at least 4 members (excludes halogenated alkanes) is 10. The van der Waals surface area contributed by atoms with Crippen LogP contribution in [0.1, 0.15) is 77.6 Å². The van der Waals surface area contributed by atoms with Crippen LogP contribution < -0.4 is 0 Å². The van der Waals surface area contributed by atoms with Crippen molar-refractivity contribution in [1.82, 2.24) is 0 Å². The Morgan fingerprint density at radius 3 is 1.40 bits per heavy atom. The predicted molar refractivity (Wildman–Crippen MR) is 72.9 cm³/mol. The third-order valence-electron chi connectivity index (χ3n) is 2.95. The second-order valence-corrected chi connectivity index (χ2v) is 6.60. The van der Waals surface area contributed by atoms with Crippen LogP contribution in [-0.4, -0.2) is 15.0 Å². The summed E-state index contributed by atoms with van der Waals surface area (Å²) in [5.41, 5.74) is 0. The van der Waals surface area contributed by atoms with Gasteiger partial charge in [-0.25, -0.2) is 0 Å². The topological polar surface area (TPSA) is 0 Å². The Morgan fingerprint density at radius 1 is 0.600 bits per heavy atom. The molecule has 0 aliphatic carbocycles. The molecule has 0 aromatic heterocycles. The molecule has 0 unspecified atom stereocenters. The van der Waals surface area contributed by atoms with E-state index in [4.69, 9.17) is 0 Å². The molecule has 0 rings (SSSR count). The van der Waals surface area contributed by atoms with Gasteiger partial charge in [0.05, 0.1) is 0 Å². The average molecular weight is 277 g/mol. The van der Waals surface area contributed by atoms with E-state index in [0.29, 0.717) is 0 Å². The molecular formula is C14H30Se. The van der Waals surface area contributed by atoms with Crippen molar-refractivity contribution in [1.29, 1.82) is 0 Å². The minimum absolute atomic E-state index is 0.916. The summed E-state index contributed by atoms with van der Waals surface area (Å²) in [6.07, 6.45) is 16.2. The molecule has 0 spiro atoms. The summed E-state index contributed by atoms with van der Waals surface area (Å²) >= 11 is 0.916. The third kappa shape index (κ3) is 14.5. The molecule has 0 bridgehead atoms. The molecule has 0 saturated heterocycles. The Labute approximate surface area is 104 Å². The Kier molecular flexibility index (Phi) is 15.0. The van der Waals surface area contributed by atoms with Crippen LogP contribution in [0, 0.1) is 0 Å². The van der Waals surface area contributed by atoms with Crippen molar-refractivity contribution in [3.8, 4) is 0 Å². The van der Waals surface area contributed by atoms with Crippen molar-refractivity contribution in [2.75, 3.05) is 0 Å². The molecule has 15 heavy (non-hydrogen) atoms. The monoisotopic (exact) mass is 278 g/mol. The summed E-state index contributed by atoms with van der Waals surface area (Å²) in [7, 11) is 0. The van der Waals surface area contributed by atoms with E-state index in [0.717, 1.165) is 15.0 Å². The first-order valence-corrected chi connectivity index (χ1v) is 9.83. The number of hydrogen-bond acceptors (Lipinski definition) is 0. The van der Waals surface area contributed by atoms with Crippen LogP contribution in [0.2, 0.25) is 11.1 Å². The van der Waals surface area contributed by atoms with E-state index in [-0.39, 0.29) is 0 Å². The van der Waals surface area contributed by atoms with Gasteiger partial charge in [-0.15, -0.1) is 0 Å². The number of hydrogen-bond donors (Lipinski definition) is 0. The fraction of sp³-hybridized carbons (Fsp3) is 1.00. The second kappa shape index (κ2) is 14.5. The van der Waals surface area contributed by atoms with Gasteiger partial charge in [-0.2, -0.15) is 0 Å². The molecule has 0 aliphatic heterocycles. The van der Waals surface area contributed by atoms with E-state index < -0.39 is 0 Å². The molecule has 92 valence electrons. The molecule has 0 aromatic rings. The quantitative estimate of drug-likeness (QED) is 0.328. The minimum atomic E-state index is 0.916. The van der Waals surface area contributed by atoms with Crippen LogP contribution in [0.25, 0.3) is 0 Å². The van der Waals surface area contributed by atoms with Gasteiger partial charge in [0.25, 0.3) is 0 Å². The van der Waals surface area contributed by atoms with Crippen LogP contribution in [-0.2, 0) is 0 Å². The maximum atomic E-state index is 2.35. The maximum absolute atomic E-state index is 2.35. The molecule has 0 fully saturated rings. The summed E-state index contributed by atoms with van der Waals surface area (Å²) in [6, 6.07) is 0. The Morgan fingerprint density at radius 2 is 1.00 bits per heavy atom. The summed E-state index contributed by atoms with van der Waals surface area (Å²) < 4.78 is 0. The van der Waals surface area contributed by atoms with E-state index in [9.17, 15) is 0 Å². The van der Waals surface area contributed by atoms with E-state index >= 15 is 0 Å². The SMILES string of the molecule is CCCCCCCCCCCCC[Se]C.